The lowest BCUT2D eigenvalue weighted by Crippen LogP contribution is -2.51. The number of methoxy groups -OCH3 is 1. The van der Waals surface area contributed by atoms with Gasteiger partial charge in [-0.25, -0.2) is 14.8 Å². The number of hydrogen-bond donors (Lipinski definition) is 6. The van der Waals surface area contributed by atoms with Crippen LogP contribution in [0.4, 0.5) is 10.5 Å². The quantitative estimate of drug-likeness (QED) is 0.0942. The van der Waals surface area contributed by atoms with Gasteiger partial charge in [0.05, 0.1) is 47.3 Å². The number of alkyl carbamates (subject to hydrolysis) is 1. The molecule has 2 saturated heterocycles. The minimum Gasteiger partial charge on any atom is -0.453 e. The predicted molar refractivity (Wildman–Crippen MR) is 234 cm³/mol. The molecule has 326 valence electrons. The van der Waals surface area contributed by atoms with Gasteiger partial charge in [-0.15, -0.1) is 0 Å². The molecule has 15 heteroatoms. The minimum absolute atomic E-state index is 0.101. The second-order valence-corrected chi connectivity index (χ2v) is 18.3. The van der Waals surface area contributed by atoms with Crippen LogP contribution in [-0.2, 0) is 38.4 Å². The Labute approximate surface area is 360 Å². The molecule has 0 spiro atoms. The molecular formula is C47H57N9O6. The number of nitrogens with one attached hydrogen (secondary N) is 5. The number of carbonyl (C=O) groups excluding carboxylic acids is 4. The summed E-state index contributed by atoms with van der Waals surface area (Å²) in [5, 5.41) is 18.5. The number of likely N-dealkylation sites (tertiary alicyclic amines) is 2. The van der Waals surface area contributed by atoms with E-state index in [9.17, 15) is 24.3 Å². The summed E-state index contributed by atoms with van der Waals surface area (Å²) < 4.78 is 4.79. The van der Waals surface area contributed by atoms with Gasteiger partial charge in [0.2, 0.25) is 17.7 Å². The molecule has 4 aliphatic rings. The summed E-state index contributed by atoms with van der Waals surface area (Å²) in [6, 6.07) is 15.9. The highest BCUT2D eigenvalue weighted by Gasteiger charge is 2.39. The van der Waals surface area contributed by atoms with E-state index < -0.39 is 30.7 Å². The number of H-pyrrole nitrogens is 2. The fourth-order valence-corrected chi connectivity index (χ4v) is 10.2. The van der Waals surface area contributed by atoms with E-state index in [1.807, 2.05) is 37.5 Å². The third-order valence-corrected chi connectivity index (χ3v) is 13.5. The first-order valence-corrected chi connectivity index (χ1v) is 22.1. The molecule has 0 radical (unpaired) electrons. The Kier molecular flexibility index (Phi) is 11.2. The number of ether oxygens (including phenoxy) is 1. The minimum atomic E-state index is -0.712. The van der Waals surface area contributed by atoms with Crippen molar-refractivity contribution in [2.24, 2.45) is 11.8 Å². The molecule has 0 saturated carbocycles. The van der Waals surface area contributed by atoms with E-state index in [0.29, 0.717) is 19.0 Å². The molecule has 2 aromatic heterocycles. The van der Waals surface area contributed by atoms with Gasteiger partial charge in [-0.3, -0.25) is 14.4 Å². The van der Waals surface area contributed by atoms with Gasteiger partial charge < -0.3 is 45.6 Å². The van der Waals surface area contributed by atoms with Crippen LogP contribution < -0.4 is 16.0 Å². The number of hydrogen-bond acceptors (Lipinski definition) is 9. The highest BCUT2D eigenvalue weighted by molar-refractivity contribution is 5.89. The van der Waals surface area contributed by atoms with Crippen molar-refractivity contribution in [3.8, 4) is 0 Å². The number of imidazole rings is 2. The van der Waals surface area contributed by atoms with Gasteiger partial charge >= 0.3 is 6.09 Å². The molecule has 6 N–H and O–H groups in total. The van der Waals surface area contributed by atoms with Crippen LogP contribution >= 0.6 is 0 Å². The smallest absolute Gasteiger partial charge is 0.407 e. The zero-order valence-corrected chi connectivity index (χ0v) is 36.1. The van der Waals surface area contributed by atoms with Crippen LogP contribution in [0.3, 0.4) is 0 Å². The third-order valence-electron chi connectivity index (χ3n) is 13.5. The van der Waals surface area contributed by atoms with Crippen LogP contribution in [0.25, 0.3) is 22.1 Å². The van der Waals surface area contributed by atoms with Gasteiger partial charge in [0.25, 0.3) is 0 Å². The predicted octanol–water partition coefficient (Wildman–Crippen LogP) is 5.87. The van der Waals surface area contributed by atoms with Crippen molar-refractivity contribution >= 4 is 51.6 Å². The number of aliphatic hydroxyl groups excluding tert-OH is 1. The summed E-state index contributed by atoms with van der Waals surface area (Å²) in [6.07, 6.45) is 5.46. The lowest BCUT2D eigenvalue weighted by Gasteiger charge is -2.30. The van der Waals surface area contributed by atoms with Gasteiger partial charge in [-0.05, 0) is 121 Å². The summed E-state index contributed by atoms with van der Waals surface area (Å²) in [7, 11) is 1.30. The largest absolute Gasteiger partial charge is 0.453 e. The Bertz CT molecular complexity index is 2340. The van der Waals surface area contributed by atoms with Crippen LogP contribution in [-0.4, -0.2) is 97.5 Å². The van der Waals surface area contributed by atoms with Crippen molar-refractivity contribution in [2.45, 2.75) is 109 Å². The van der Waals surface area contributed by atoms with E-state index in [1.54, 1.807) is 0 Å². The Morgan fingerprint density at radius 3 is 1.85 bits per heavy atom. The molecule has 9 rings (SSSR count). The van der Waals surface area contributed by atoms with Crippen LogP contribution in [0.15, 0.2) is 48.5 Å². The van der Waals surface area contributed by atoms with Crippen LogP contribution in [0, 0.1) is 11.8 Å². The second kappa shape index (κ2) is 16.7. The van der Waals surface area contributed by atoms with E-state index >= 15 is 0 Å². The van der Waals surface area contributed by atoms with Gasteiger partial charge in [0.15, 0.2) is 0 Å². The zero-order chi connectivity index (χ0) is 43.4. The average molecular weight is 844 g/mol. The number of nitrogens with zero attached hydrogens (tertiary/aromatic N) is 4. The van der Waals surface area contributed by atoms with Crippen molar-refractivity contribution in [3.63, 3.8) is 0 Å². The highest BCUT2D eigenvalue weighted by Crippen LogP contribution is 2.43. The summed E-state index contributed by atoms with van der Waals surface area (Å²) in [4.78, 5) is 72.0. The zero-order valence-electron chi connectivity index (χ0n) is 36.1. The average Bonchev–Trinajstić information content (AvgIpc) is 4.12. The lowest BCUT2D eigenvalue weighted by molar-refractivity contribution is -0.139. The maximum absolute atomic E-state index is 13.7. The number of aliphatic hydroxyl groups is 1. The Morgan fingerprint density at radius 1 is 0.742 bits per heavy atom. The lowest BCUT2D eigenvalue weighted by atomic mass is 9.96. The number of carbonyl (C=O) groups is 4. The molecule has 5 aromatic rings. The number of rotatable bonds is 11. The molecule has 62 heavy (non-hydrogen) atoms. The molecule has 6 atom stereocenters. The molecule has 1 aliphatic carbocycles. The number of fused-ring (bicyclic) bond motifs is 4. The number of aromatic amines is 2. The molecule has 2 fully saturated rings. The SMILES string of the molecule is COC(=O)NC(C(=O)N1CCCC1c1nc2ccc(C3Cc4cc5c(cc4N3)CC(c3ccc4nc(C6CCCN6C(=O)C(NC(=O)CO)C(C)C)[nH]c4c3)C5)cc2[nH]1)C(C)C. The fraction of sp³-hybridized carbons (Fsp3) is 0.489. The van der Waals surface area contributed by atoms with Gasteiger partial charge in [0.1, 0.15) is 30.3 Å². The van der Waals surface area contributed by atoms with Crippen molar-refractivity contribution in [2.75, 3.05) is 32.1 Å². The normalized spacial score (nSPS) is 21.7. The molecule has 4 amide bonds. The summed E-state index contributed by atoms with van der Waals surface area (Å²) in [6.45, 7) is 8.16. The van der Waals surface area contributed by atoms with Gasteiger partial charge in [-0.2, -0.15) is 0 Å². The number of amides is 4. The number of aromatic nitrogens is 4. The Hall–Kier alpha value is -5.96. The Morgan fingerprint density at radius 2 is 1.29 bits per heavy atom. The topological polar surface area (TPSA) is 198 Å². The van der Waals surface area contributed by atoms with Crippen molar-refractivity contribution in [1.82, 2.24) is 40.4 Å². The maximum atomic E-state index is 13.7. The number of benzene rings is 3. The van der Waals surface area contributed by atoms with E-state index in [0.717, 1.165) is 78.7 Å². The van der Waals surface area contributed by atoms with E-state index in [4.69, 9.17) is 14.7 Å². The Balaban J connectivity index is 0.861. The van der Waals surface area contributed by atoms with Crippen LogP contribution in [0.1, 0.15) is 117 Å². The first kappa shape index (κ1) is 41.4. The van der Waals surface area contributed by atoms with Crippen molar-refractivity contribution in [1.29, 1.82) is 0 Å². The standard InChI is InChI=1S/C47H57N9O6/c1-24(2)41(53-40(58)23-57)45(59)55-14-6-8-38(55)43-49-32-12-10-26(19-36(32)51-43)28-16-29-18-31-22-34(48-35(31)21-30(29)17-28)27-11-13-33-37(20-27)52-44(50-33)39-9-7-15-56(39)46(60)42(25(3)4)54-47(61)62-5/h10-13,18-21,24-25,28,34,38-39,41-42,48,57H,6-9,14-17,22-23H2,1-5H3,(H,49,51)(H,50,52)(H,53,58)(H,54,61). The highest BCUT2D eigenvalue weighted by atomic mass is 16.5. The first-order chi connectivity index (χ1) is 29.9. The number of anilines is 1. The molecule has 15 nitrogen and oxygen atoms in total. The summed E-state index contributed by atoms with van der Waals surface area (Å²) in [5.41, 5.74) is 11.3. The third kappa shape index (κ3) is 7.75. The van der Waals surface area contributed by atoms with E-state index in [2.05, 4.69) is 74.4 Å². The summed E-state index contributed by atoms with van der Waals surface area (Å²) >= 11 is 0. The fourth-order valence-electron chi connectivity index (χ4n) is 10.2. The maximum Gasteiger partial charge on any atom is 0.407 e. The molecule has 3 aliphatic heterocycles. The molecule has 6 unspecified atom stereocenters. The van der Waals surface area contributed by atoms with Crippen molar-refractivity contribution < 1.29 is 29.0 Å². The van der Waals surface area contributed by atoms with E-state index in [-0.39, 0.29) is 41.8 Å². The molecule has 0 bridgehead atoms. The first-order valence-electron chi connectivity index (χ1n) is 22.1. The van der Waals surface area contributed by atoms with Gasteiger partial charge in [-0.1, -0.05) is 45.9 Å². The second-order valence-electron chi connectivity index (χ2n) is 18.3. The molecule has 5 heterocycles. The van der Waals surface area contributed by atoms with Crippen LogP contribution in [0.2, 0.25) is 0 Å². The molecule has 3 aromatic carbocycles. The molecular weight excluding hydrogens is 787 g/mol. The summed E-state index contributed by atoms with van der Waals surface area (Å²) in [5.74, 6) is 0.812. The monoisotopic (exact) mass is 843 g/mol. The van der Waals surface area contributed by atoms with Crippen molar-refractivity contribution in [3.05, 3.63) is 88.0 Å². The van der Waals surface area contributed by atoms with Crippen LogP contribution in [0.5, 0.6) is 0 Å². The van der Waals surface area contributed by atoms with Gasteiger partial charge in [0, 0.05) is 18.8 Å². The van der Waals surface area contributed by atoms with E-state index in [1.165, 1.54) is 40.6 Å².